The first-order valence-electron chi connectivity index (χ1n) is 8.34. The first-order valence-corrected chi connectivity index (χ1v) is 8.34. The minimum Gasteiger partial charge on any atom is -0.506 e. The van der Waals surface area contributed by atoms with E-state index in [0.717, 1.165) is 25.9 Å². The Hall–Kier alpha value is -2.67. The highest BCUT2D eigenvalue weighted by Gasteiger charge is 2.21. The zero-order valence-corrected chi connectivity index (χ0v) is 13.6. The van der Waals surface area contributed by atoms with Crippen LogP contribution in [0.25, 0.3) is 22.3 Å². The Morgan fingerprint density at radius 2 is 2.04 bits per heavy atom. The van der Waals surface area contributed by atoms with Crippen LogP contribution < -0.4 is 4.90 Å². The van der Waals surface area contributed by atoms with Gasteiger partial charge in [-0.05, 0) is 43.0 Å². The highest BCUT2D eigenvalue weighted by molar-refractivity contribution is 5.83. The summed E-state index contributed by atoms with van der Waals surface area (Å²) < 4.78 is 14.6. The van der Waals surface area contributed by atoms with Gasteiger partial charge in [-0.25, -0.2) is 9.97 Å². The van der Waals surface area contributed by atoms with E-state index in [4.69, 9.17) is 0 Å². The Kier molecular flexibility index (Phi) is 4.01. The Morgan fingerprint density at radius 3 is 2.76 bits per heavy atom. The standard InChI is InChI=1S/C18H19FN4O2/c19-17-14(15-8-12-7-13(25)9-20-18(12)21-15)1-2-16(22-17)23-5-3-11(10-24)4-6-23/h1-2,7-9,11,24-25H,3-6,10H2,(H,20,21). The molecule has 0 bridgehead atoms. The molecule has 0 saturated carbocycles. The van der Waals surface area contributed by atoms with Crippen LogP contribution in [0.2, 0.25) is 0 Å². The van der Waals surface area contributed by atoms with Crippen molar-refractivity contribution in [1.29, 1.82) is 0 Å². The fraction of sp³-hybridized carbons (Fsp3) is 0.333. The van der Waals surface area contributed by atoms with E-state index < -0.39 is 5.95 Å². The van der Waals surface area contributed by atoms with Gasteiger partial charge in [-0.2, -0.15) is 4.39 Å². The van der Waals surface area contributed by atoms with Gasteiger partial charge in [-0.1, -0.05) is 0 Å². The van der Waals surface area contributed by atoms with Crippen molar-refractivity contribution >= 4 is 16.9 Å². The Labute approximate surface area is 144 Å². The number of halogens is 1. The number of anilines is 1. The fourth-order valence-electron chi connectivity index (χ4n) is 3.30. The molecule has 130 valence electrons. The van der Waals surface area contributed by atoms with E-state index in [1.165, 1.54) is 6.20 Å². The maximum Gasteiger partial charge on any atom is 0.224 e. The van der Waals surface area contributed by atoms with E-state index in [9.17, 15) is 14.6 Å². The third kappa shape index (κ3) is 3.02. The van der Waals surface area contributed by atoms with E-state index in [0.29, 0.717) is 34.0 Å². The van der Waals surface area contributed by atoms with Crippen molar-refractivity contribution in [2.24, 2.45) is 5.92 Å². The summed E-state index contributed by atoms with van der Waals surface area (Å²) in [7, 11) is 0. The molecule has 0 unspecified atom stereocenters. The third-order valence-electron chi connectivity index (χ3n) is 4.78. The van der Waals surface area contributed by atoms with Gasteiger partial charge in [-0.15, -0.1) is 0 Å². The first kappa shape index (κ1) is 15.8. The summed E-state index contributed by atoms with van der Waals surface area (Å²) in [6, 6.07) is 6.84. The van der Waals surface area contributed by atoms with Crippen molar-refractivity contribution in [3.8, 4) is 17.0 Å². The van der Waals surface area contributed by atoms with Crippen LogP contribution >= 0.6 is 0 Å². The van der Waals surface area contributed by atoms with Crippen LogP contribution in [-0.4, -0.2) is 44.9 Å². The summed E-state index contributed by atoms with van der Waals surface area (Å²) in [5, 5.41) is 19.4. The smallest absolute Gasteiger partial charge is 0.224 e. The summed E-state index contributed by atoms with van der Waals surface area (Å²) in [6.45, 7) is 1.75. The second-order valence-corrected chi connectivity index (χ2v) is 6.44. The monoisotopic (exact) mass is 342 g/mol. The molecule has 0 aliphatic carbocycles. The highest BCUT2D eigenvalue weighted by atomic mass is 19.1. The second kappa shape index (κ2) is 6.33. The molecule has 0 spiro atoms. The van der Waals surface area contributed by atoms with Crippen molar-refractivity contribution in [3.63, 3.8) is 0 Å². The molecule has 4 heterocycles. The molecule has 0 radical (unpaired) electrons. The molecule has 1 fully saturated rings. The number of hydrogen-bond acceptors (Lipinski definition) is 5. The number of pyridine rings is 2. The SMILES string of the molecule is OCC1CCN(c2ccc(-c3cc4cc(O)cnc4[nH]3)c(F)n2)CC1. The number of hydrogen-bond donors (Lipinski definition) is 3. The first-order chi connectivity index (χ1) is 12.1. The van der Waals surface area contributed by atoms with Crippen LogP contribution in [-0.2, 0) is 0 Å². The van der Waals surface area contributed by atoms with Crippen LogP contribution in [0.15, 0.2) is 30.5 Å². The molecule has 3 aromatic heterocycles. The van der Waals surface area contributed by atoms with Gasteiger partial charge < -0.3 is 20.1 Å². The van der Waals surface area contributed by atoms with Crippen molar-refractivity contribution < 1.29 is 14.6 Å². The fourth-order valence-corrected chi connectivity index (χ4v) is 3.30. The molecule has 1 aliphatic heterocycles. The minimum atomic E-state index is -0.544. The minimum absolute atomic E-state index is 0.0678. The normalized spacial score (nSPS) is 15.8. The predicted octanol–water partition coefficient (Wildman–Crippen LogP) is 2.68. The number of aliphatic hydroxyl groups is 1. The van der Waals surface area contributed by atoms with Crippen molar-refractivity contribution in [2.75, 3.05) is 24.6 Å². The van der Waals surface area contributed by atoms with E-state index in [1.54, 1.807) is 18.2 Å². The topological polar surface area (TPSA) is 85.3 Å². The van der Waals surface area contributed by atoms with Crippen LogP contribution in [0.1, 0.15) is 12.8 Å². The van der Waals surface area contributed by atoms with Gasteiger partial charge in [0.25, 0.3) is 0 Å². The van der Waals surface area contributed by atoms with Gasteiger partial charge in [0.05, 0.1) is 17.5 Å². The van der Waals surface area contributed by atoms with Gasteiger partial charge in [0.15, 0.2) is 0 Å². The molecule has 25 heavy (non-hydrogen) atoms. The molecular formula is C18H19FN4O2. The number of aromatic hydroxyl groups is 1. The van der Waals surface area contributed by atoms with E-state index in [2.05, 4.69) is 15.0 Å². The average molecular weight is 342 g/mol. The van der Waals surface area contributed by atoms with E-state index >= 15 is 0 Å². The van der Waals surface area contributed by atoms with Crippen LogP contribution in [0.4, 0.5) is 10.2 Å². The molecule has 3 N–H and O–H groups in total. The molecule has 1 saturated heterocycles. The van der Waals surface area contributed by atoms with Crippen LogP contribution in [0.5, 0.6) is 5.75 Å². The number of nitrogens with zero attached hydrogens (tertiary/aromatic N) is 3. The lowest BCUT2D eigenvalue weighted by molar-refractivity contribution is 0.202. The molecule has 3 aromatic rings. The van der Waals surface area contributed by atoms with E-state index in [-0.39, 0.29) is 12.4 Å². The van der Waals surface area contributed by atoms with Crippen molar-refractivity contribution in [1.82, 2.24) is 15.0 Å². The molecular weight excluding hydrogens is 323 g/mol. The molecule has 0 atom stereocenters. The summed E-state index contributed by atoms with van der Waals surface area (Å²) in [5.74, 6) is 0.469. The molecule has 7 heteroatoms. The van der Waals surface area contributed by atoms with Crippen LogP contribution in [0, 0.1) is 11.9 Å². The second-order valence-electron chi connectivity index (χ2n) is 6.44. The zero-order chi connectivity index (χ0) is 17.4. The van der Waals surface area contributed by atoms with Crippen LogP contribution in [0.3, 0.4) is 0 Å². The molecule has 4 rings (SSSR count). The Bertz CT molecular complexity index is 903. The van der Waals surface area contributed by atoms with Gasteiger partial charge in [0.2, 0.25) is 5.95 Å². The third-order valence-corrected chi connectivity index (χ3v) is 4.78. The lowest BCUT2D eigenvalue weighted by Gasteiger charge is -2.32. The number of nitrogens with one attached hydrogen (secondary N) is 1. The zero-order valence-electron chi connectivity index (χ0n) is 13.6. The number of aromatic nitrogens is 3. The number of aliphatic hydroxyl groups excluding tert-OH is 1. The average Bonchev–Trinajstić information content (AvgIpc) is 3.04. The largest absolute Gasteiger partial charge is 0.506 e. The summed E-state index contributed by atoms with van der Waals surface area (Å²) in [4.78, 5) is 13.3. The lowest BCUT2D eigenvalue weighted by atomic mass is 9.98. The summed E-state index contributed by atoms with van der Waals surface area (Å²) in [5.41, 5.74) is 1.53. The highest BCUT2D eigenvalue weighted by Crippen LogP contribution is 2.29. The molecule has 6 nitrogen and oxygen atoms in total. The maximum atomic E-state index is 14.6. The van der Waals surface area contributed by atoms with Gasteiger partial charge >= 0.3 is 0 Å². The number of fused-ring (bicyclic) bond motifs is 1. The molecule has 0 amide bonds. The molecule has 1 aliphatic rings. The van der Waals surface area contributed by atoms with Crippen molar-refractivity contribution in [3.05, 3.63) is 36.4 Å². The number of aromatic amines is 1. The Morgan fingerprint density at radius 1 is 1.24 bits per heavy atom. The quantitative estimate of drug-likeness (QED) is 0.637. The maximum absolute atomic E-state index is 14.6. The molecule has 0 aromatic carbocycles. The van der Waals surface area contributed by atoms with Crippen molar-refractivity contribution in [2.45, 2.75) is 12.8 Å². The number of rotatable bonds is 3. The van der Waals surface area contributed by atoms with Gasteiger partial charge in [0, 0.05) is 25.1 Å². The number of H-pyrrole nitrogens is 1. The number of piperidine rings is 1. The summed E-state index contributed by atoms with van der Waals surface area (Å²) >= 11 is 0. The van der Waals surface area contributed by atoms with E-state index in [1.807, 2.05) is 11.0 Å². The predicted molar refractivity (Wildman–Crippen MR) is 93.0 cm³/mol. The van der Waals surface area contributed by atoms with Gasteiger partial charge in [0.1, 0.15) is 17.2 Å². The Balaban J connectivity index is 1.61. The van der Waals surface area contributed by atoms with Gasteiger partial charge in [-0.3, -0.25) is 0 Å². The summed E-state index contributed by atoms with van der Waals surface area (Å²) in [6.07, 6.45) is 3.12. The lowest BCUT2D eigenvalue weighted by Crippen LogP contribution is -2.35.